The van der Waals surface area contributed by atoms with Crippen LogP contribution in [0.5, 0.6) is 5.75 Å². The van der Waals surface area contributed by atoms with Crippen LogP contribution in [0.15, 0.2) is 30.3 Å². The lowest BCUT2D eigenvalue weighted by molar-refractivity contribution is -0.137. The summed E-state index contributed by atoms with van der Waals surface area (Å²) < 4.78 is 2.05. The molecule has 0 aliphatic rings. The highest BCUT2D eigenvalue weighted by Gasteiger charge is 2.17. The molecule has 0 radical (unpaired) electrons. The molecule has 4 N–H and O–H groups in total. The van der Waals surface area contributed by atoms with E-state index in [1.54, 1.807) is 12.1 Å². The fraction of sp³-hybridized carbons (Fsp3) is 0.312. The normalized spacial score (nSPS) is 12.3. The summed E-state index contributed by atoms with van der Waals surface area (Å²) in [7, 11) is 0. The Morgan fingerprint density at radius 3 is 2.48 bits per heavy atom. The average molecular weight is 288 g/mol. The number of hydrogen-bond donors (Lipinski definition) is 3. The number of carbonyl (C=O) groups is 1. The fourth-order valence-electron chi connectivity index (χ4n) is 2.60. The predicted octanol–water partition coefficient (Wildman–Crippen LogP) is 2.66. The summed E-state index contributed by atoms with van der Waals surface area (Å²) in [4.78, 5) is 10.7. The molecule has 21 heavy (non-hydrogen) atoms. The predicted molar refractivity (Wildman–Crippen MR) is 80.7 cm³/mol. The standard InChI is InChI=1S/C16H20N2O3/c1-10-9-14(15(17)7-8-16(20)21)11(2)18(10)12-3-5-13(19)6-4-12/h3-6,9,15,19H,7-8,17H2,1-2H3,(H,20,21)/t15-/m1/s1. The van der Waals surface area contributed by atoms with Gasteiger partial charge in [-0.15, -0.1) is 0 Å². The van der Waals surface area contributed by atoms with E-state index < -0.39 is 5.97 Å². The number of aromatic nitrogens is 1. The van der Waals surface area contributed by atoms with Gasteiger partial charge in [0.05, 0.1) is 0 Å². The first-order chi connectivity index (χ1) is 9.90. The maximum Gasteiger partial charge on any atom is 0.303 e. The van der Waals surface area contributed by atoms with E-state index in [0.717, 1.165) is 22.6 Å². The Morgan fingerprint density at radius 2 is 1.90 bits per heavy atom. The van der Waals surface area contributed by atoms with Crippen LogP contribution in [0.2, 0.25) is 0 Å². The van der Waals surface area contributed by atoms with Gasteiger partial charge >= 0.3 is 5.97 Å². The zero-order chi connectivity index (χ0) is 15.6. The largest absolute Gasteiger partial charge is 0.508 e. The molecule has 0 aliphatic carbocycles. The minimum atomic E-state index is -0.835. The number of carboxylic acid groups (broad SMARTS) is 1. The number of aliphatic carboxylic acids is 1. The van der Waals surface area contributed by atoms with Crippen LogP contribution >= 0.6 is 0 Å². The zero-order valence-electron chi connectivity index (χ0n) is 12.2. The second-order valence-corrected chi connectivity index (χ2v) is 5.22. The number of aryl methyl sites for hydroxylation is 1. The SMILES string of the molecule is Cc1cc([C@H](N)CCC(=O)O)c(C)n1-c1ccc(O)cc1. The lowest BCUT2D eigenvalue weighted by Gasteiger charge is -2.13. The molecule has 0 saturated carbocycles. The minimum absolute atomic E-state index is 0.0596. The van der Waals surface area contributed by atoms with Crippen molar-refractivity contribution in [3.05, 3.63) is 47.3 Å². The molecule has 1 aromatic heterocycles. The van der Waals surface area contributed by atoms with Crippen molar-refractivity contribution in [1.29, 1.82) is 0 Å². The highest BCUT2D eigenvalue weighted by atomic mass is 16.4. The average Bonchev–Trinajstić information content (AvgIpc) is 2.73. The highest BCUT2D eigenvalue weighted by molar-refractivity contribution is 5.66. The van der Waals surface area contributed by atoms with Gasteiger partial charge < -0.3 is 20.5 Å². The Kier molecular flexibility index (Phi) is 4.33. The van der Waals surface area contributed by atoms with Crippen molar-refractivity contribution >= 4 is 5.97 Å². The molecule has 2 aromatic rings. The second kappa shape index (κ2) is 6.01. The first-order valence-electron chi connectivity index (χ1n) is 6.85. The number of phenols is 1. The quantitative estimate of drug-likeness (QED) is 0.789. The van der Waals surface area contributed by atoms with E-state index in [1.165, 1.54) is 0 Å². The Hall–Kier alpha value is -2.27. The van der Waals surface area contributed by atoms with Gasteiger partial charge in [0.15, 0.2) is 0 Å². The van der Waals surface area contributed by atoms with Crippen molar-refractivity contribution in [2.24, 2.45) is 5.73 Å². The first-order valence-corrected chi connectivity index (χ1v) is 6.85. The van der Waals surface area contributed by atoms with Crippen LogP contribution in [0.4, 0.5) is 0 Å². The van der Waals surface area contributed by atoms with Gasteiger partial charge in [0.1, 0.15) is 5.75 Å². The summed E-state index contributed by atoms with van der Waals surface area (Å²) in [6.45, 7) is 3.95. The summed E-state index contributed by atoms with van der Waals surface area (Å²) in [5, 5.41) is 18.1. The lowest BCUT2D eigenvalue weighted by atomic mass is 10.0. The Labute approximate surface area is 123 Å². The van der Waals surface area contributed by atoms with Gasteiger partial charge in [0.2, 0.25) is 0 Å². The first kappa shape index (κ1) is 15.1. The van der Waals surface area contributed by atoms with Crippen LogP contribution in [0, 0.1) is 13.8 Å². The van der Waals surface area contributed by atoms with E-state index in [4.69, 9.17) is 10.8 Å². The van der Waals surface area contributed by atoms with Gasteiger partial charge in [-0.05, 0) is 56.2 Å². The van der Waals surface area contributed by atoms with E-state index in [1.807, 2.05) is 32.0 Å². The molecule has 1 atom stereocenters. The van der Waals surface area contributed by atoms with Crippen molar-refractivity contribution in [1.82, 2.24) is 4.57 Å². The van der Waals surface area contributed by atoms with Crippen molar-refractivity contribution < 1.29 is 15.0 Å². The number of hydrogen-bond acceptors (Lipinski definition) is 3. The van der Waals surface area contributed by atoms with Gasteiger partial charge in [0.25, 0.3) is 0 Å². The van der Waals surface area contributed by atoms with Crippen LogP contribution < -0.4 is 5.73 Å². The second-order valence-electron chi connectivity index (χ2n) is 5.22. The zero-order valence-corrected chi connectivity index (χ0v) is 12.2. The number of carboxylic acids is 1. The molecule has 0 aliphatic heterocycles. The molecule has 2 rings (SSSR count). The van der Waals surface area contributed by atoms with Gasteiger partial charge in [0, 0.05) is 29.5 Å². The molecule has 1 heterocycles. The Balaban J connectivity index is 2.33. The van der Waals surface area contributed by atoms with Gasteiger partial charge in [-0.3, -0.25) is 4.79 Å². The molecular weight excluding hydrogens is 268 g/mol. The third-order valence-electron chi connectivity index (χ3n) is 3.65. The smallest absolute Gasteiger partial charge is 0.303 e. The van der Waals surface area contributed by atoms with Crippen LogP contribution in [0.25, 0.3) is 5.69 Å². The molecule has 5 heteroatoms. The Morgan fingerprint density at radius 1 is 1.29 bits per heavy atom. The van der Waals surface area contributed by atoms with Crippen molar-refractivity contribution in [2.45, 2.75) is 32.7 Å². The Bertz CT molecular complexity index is 644. The van der Waals surface area contributed by atoms with Gasteiger partial charge in [-0.2, -0.15) is 0 Å². The maximum absolute atomic E-state index is 10.7. The summed E-state index contributed by atoms with van der Waals surface area (Å²) in [6.07, 6.45) is 0.471. The van der Waals surface area contributed by atoms with Crippen molar-refractivity contribution in [3.8, 4) is 11.4 Å². The van der Waals surface area contributed by atoms with E-state index in [0.29, 0.717) is 6.42 Å². The van der Waals surface area contributed by atoms with Crippen LogP contribution in [-0.4, -0.2) is 20.7 Å². The molecular formula is C16H20N2O3. The van der Waals surface area contributed by atoms with E-state index >= 15 is 0 Å². The van der Waals surface area contributed by atoms with Gasteiger partial charge in [-0.25, -0.2) is 0 Å². The summed E-state index contributed by atoms with van der Waals surface area (Å²) in [5.41, 5.74) is 10.0. The van der Waals surface area contributed by atoms with Crippen molar-refractivity contribution in [3.63, 3.8) is 0 Å². The monoisotopic (exact) mass is 288 g/mol. The third-order valence-corrected chi connectivity index (χ3v) is 3.65. The summed E-state index contributed by atoms with van der Waals surface area (Å²) >= 11 is 0. The molecule has 1 aromatic carbocycles. The molecule has 112 valence electrons. The molecule has 0 fully saturated rings. The molecule has 0 spiro atoms. The van der Waals surface area contributed by atoms with Gasteiger partial charge in [-0.1, -0.05) is 0 Å². The van der Waals surface area contributed by atoms with E-state index in [-0.39, 0.29) is 18.2 Å². The topological polar surface area (TPSA) is 88.5 Å². The van der Waals surface area contributed by atoms with Crippen molar-refractivity contribution in [2.75, 3.05) is 0 Å². The number of nitrogens with zero attached hydrogens (tertiary/aromatic N) is 1. The number of benzene rings is 1. The molecule has 0 bridgehead atoms. The van der Waals surface area contributed by atoms with E-state index in [2.05, 4.69) is 4.57 Å². The highest BCUT2D eigenvalue weighted by Crippen LogP contribution is 2.27. The number of phenolic OH excluding ortho intramolecular Hbond substituents is 1. The number of nitrogens with two attached hydrogens (primary N) is 1. The molecule has 5 nitrogen and oxygen atoms in total. The molecule has 0 amide bonds. The summed E-state index contributed by atoms with van der Waals surface area (Å²) in [5.74, 6) is -0.614. The third kappa shape index (κ3) is 3.25. The van der Waals surface area contributed by atoms with E-state index in [9.17, 15) is 9.90 Å². The fourth-order valence-corrected chi connectivity index (χ4v) is 2.60. The van der Waals surface area contributed by atoms with Crippen LogP contribution in [-0.2, 0) is 4.79 Å². The van der Waals surface area contributed by atoms with Crippen LogP contribution in [0.1, 0.15) is 35.8 Å². The van der Waals surface area contributed by atoms with Crippen LogP contribution in [0.3, 0.4) is 0 Å². The maximum atomic E-state index is 10.7. The molecule has 0 unspecified atom stereocenters. The number of aromatic hydroxyl groups is 1. The molecule has 0 saturated heterocycles. The lowest BCUT2D eigenvalue weighted by Crippen LogP contribution is -2.13. The summed E-state index contributed by atoms with van der Waals surface area (Å²) in [6, 6.07) is 8.65. The minimum Gasteiger partial charge on any atom is -0.508 e. The number of rotatable bonds is 5.